The van der Waals surface area contributed by atoms with Crippen molar-refractivity contribution in [1.29, 1.82) is 0 Å². The molecule has 30 heavy (non-hydrogen) atoms. The standard InChI is InChI=1S/C22H36N4O4/c1-22(2,3)30-21(27)25-18-11-13-26(15-18)20(23-4)24-12-6-14-29-16-17-7-9-19(28-5)10-8-17/h7-10,18H,6,11-16H2,1-5H3,(H,23,24)(H,25,27). The van der Waals surface area contributed by atoms with Crippen molar-refractivity contribution in [3.8, 4) is 5.75 Å². The fraction of sp³-hybridized carbons (Fsp3) is 0.636. The fourth-order valence-corrected chi connectivity index (χ4v) is 3.16. The number of ether oxygens (including phenoxy) is 3. The van der Waals surface area contributed by atoms with Crippen LogP contribution in [0.25, 0.3) is 0 Å². The van der Waals surface area contributed by atoms with Gasteiger partial charge in [0.1, 0.15) is 11.4 Å². The van der Waals surface area contributed by atoms with Gasteiger partial charge in [0.05, 0.1) is 19.8 Å². The monoisotopic (exact) mass is 420 g/mol. The Bertz CT molecular complexity index is 685. The van der Waals surface area contributed by atoms with Crippen molar-refractivity contribution in [3.05, 3.63) is 29.8 Å². The molecule has 1 heterocycles. The number of benzene rings is 1. The Kier molecular flexibility index (Phi) is 9.23. The first-order valence-electron chi connectivity index (χ1n) is 10.5. The molecule has 8 heteroatoms. The van der Waals surface area contributed by atoms with Crippen molar-refractivity contribution in [2.45, 2.75) is 51.9 Å². The number of hydrogen-bond donors (Lipinski definition) is 2. The Hall–Kier alpha value is -2.48. The highest BCUT2D eigenvalue weighted by Crippen LogP contribution is 2.13. The highest BCUT2D eigenvalue weighted by Gasteiger charge is 2.27. The van der Waals surface area contributed by atoms with Gasteiger partial charge >= 0.3 is 6.09 Å². The number of carbonyl (C=O) groups excluding carboxylic acids is 1. The molecule has 1 aromatic carbocycles. The van der Waals surface area contributed by atoms with Crippen LogP contribution in [0, 0.1) is 0 Å². The van der Waals surface area contributed by atoms with E-state index in [2.05, 4.69) is 20.5 Å². The molecule has 1 aliphatic heterocycles. The first-order chi connectivity index (χ1) is 14.3. The predicted octanol–water partition coefficient (Wildman–Crippen LogP) is 2.78. The number of alkyl carbamates (subject to hydrolysis) is 1. The average molecular weight is 421 g/mol. The summed E-state index contributed by atoms with van der Waals surface area (Å²) in [7, 11) is 3.43. The summed E-state index contributed by atoms with van der Waals surface area (Å²) in [5.41, 5.74) is 0.634. The van der Waals surface area contributed by atoms with Gasteiger partial charge in [-0.15, -0.1) is 0 Å². The second-order valence-electron chi connectivity index (χ2n) is 8.31. The largest absolute Gasteiger partial charge is 0.497 e. The van der Waals surface area contributed by atoms with Crippen LogP contribution in [-0.4, -0.2) is 69.0 Å². The van der Waals surface area contributed by atoms with Crippen LogP contribution < -0.4 is 15.4 Å². The number of hydrogen-bond acceptors (Lipinski definition) is 5. The minimum atomic E-state index is -0.491. The molecule has 1 saturated heterocycles. The number of guanidine groups is 1. The zero-order valence-electron chi connectivity index (χ0n) is 18.9. The zero-order chi connectivity index (χ0) is 22.0. The summed E-state index contributed by atoms with van der Waals surface area (Å²) in [6.45, 7) is 9.17. The number of aliphatic imine (C=N–C) groups is 1. The molecule has 1 aliphatic rings. The number of nitrogens with one attached hydrogen (secondary N) is 2. The second-order valence-corrected chi connectivity index (χ2v) is 8.31. The third-order valence-electron chi connectivity index (χ3n) is 4.60. The predicted molar refractivity (Wildman–Crippen MR) is 118 cm³/mol. The summed E-state index contributed by atoms with van der Waals surface area (Å²) < 4.78 is 16.2. The molecule has 1 atom stereocenters. The molecule has 0 bridgehead atoms. The summed E-state index contributed by atoms with van der Waals surface area (Å²) in [5.74, 6) is 1.69. The van der Waals surface area contributed by atoms with Gasteiger partial charge in [0.2, 0.25) is 0 Å². The third-order valence-corrected chi connectivity index (χ3v) is 4.60. The maximum atomic E-state index is 11.9. The molecule has 2 N–H and O–H groups in total. The maximum absolute atomic E-state index is 11.9. The highest BCUT2D eigenvalue weighted by atomic mass is 16.6. The molecule has 0 aliphatic carbocycles. The summed E-state index contributed by atoms with van der Waals surface area (Å²) >= 11 is 0. The van der Waals surface area contributed by atoms with Crippen molar-refractivity contribution < 1.29 is 19.0 Å². The van der Waals surface area contributed by atoms with Gasteiger partial charge in [-0.2, -0.15) is 0 Å². The normalized spacial score (nSPS) is 17.0. The molecule has 0 spiro atoms. The molecule has 168 valence electrons. The number of nitrogens with zero attached hydrogens (tertiary/aromatic N) is 2. The minimum Gasteiger partial charge on any atom is -0.497 e. The van der Waals surface area contributed by atoms with Gasteiger partial charge < -0.3 is 29.7 Å². The van der Waals surface area contributed by atoms with Crippen molar-refractivity contribution in [2.24, 2.45) is 4.99 Å². The van der Waals surface area contributed by atoms with E-state index in [1.807, 2.05) is 45.0 Å². The van der Waals surface area contributed by atoms with Crippen LogP contribution in [0.1, 0.15) is 39.2 Å². The van der Waals surface area contributed by atoms with E-state index in [1.54, 1.807) is 14.2 Å². The lowest BCUT2D eigenvalue weighted by atomic mass is 10.2. The van der Waals surface area contributed by atoms with E-state index in [9.17, 15) is 4.79 Å². The number of rotatable bonds is 8. The fourth-order valence-electron chi connectivity index (χ4n) is 3.16. The van der Waals surface area contributed by atoms with E-state index in [4.69, 9.17) is 14.2 Å². The van der Waals surface area contributed by atoms with Gasteiger partial charge in [0, 0.05) is 33.3 Å². The van der Waals surface area contributed by atoms with Gasteiger partial charge in [-0.05, 0) is 51.3 Å². The molecule has 1 amide bonds. The van der Waals surface area contributed by atoms with Crippen LogP contribution in [-0.2, 0) is 16.1 Å². The zero-order valence-corrected chi connectivity index (χ0v) is 18.9. The van der Waals surface area contributed by atoms with E-state index >= 15 is 0 Å². The number of methoxy groups -OCH3 is 1. The summed E-state index contributed by atoms with van der Waals surface area (Å²) in [5, 5.41) is 6.31. The smallest absolute Gasteiger partial charge is 0.407 e. The Balaban J connectivity index is 1.62. The Morgan fingerprint density at radius 2 is 2.00 bits per heavy atom. The molecular formula is C22H36N4O4. The van der Waals surface area contributed by atoms with E-state index in [-0.39, 0.29) is 12.1 Å². The first-order valence-corrected chi connectivity index (χ1v) is 10.5. The number of amides is 1. The molecule has 1 fully saturated rings. The van der Waals surface area contributed by atoms with Gasteiger partial charge in [0.15, 0.2) is 5.96 Å². The maximum Gasteiger partial charge on any atom is 0.407 e. The van der Waals surface area contributed by atoms with Crippen molar-refractivity contribution in [3.63, 3.8) is 0 Å². The second kappa shape index (κ2) is 11.6. The lowest BCUT2D eigenvalue weighted by Crippen LogP contribution is -2.44. The molecule has 0 aromatic heterocycles. The molecule has 8 nitrogen and oxygen atoms in total. The quantitative estimate of drug-likeness (QED) is 0.382. The van der Waals surface area contributed by atoms with E-state index in [1.165, 1.54) is 0 Å². The Labute approximate surface area is 180 Å². The Morgan fingerprint density at radius 1 is 1.27 bits per heavy atom. The van der Waals surface area contributed by atoms with E-state index < -0.39 is 5.60 Å². The van der Waals surface area contributed by atoms with Crippen LogP contribution in [0.4, 0.5) is 4.79 Å². The SMILES string of the molecule is CN=C(NCCCOCc1ccc(OC)cc1)N1CCC(NC(=O)OC(C)(C)C)C1. The molecule has 2 rings (SSSR count). The third kappa shape index (κ3) is 8.49. The Morgan fingerprint density at radius 3 is 2.63 bits per heavy atom. The van der Waals surface area contributed by atoms with Crippen molar-refractivity contribution >= 4 is 12.1 Å². The molecule has 0 radical (unpaired) electrons. The highest BCUT2D eigenvalue weighted by molar-refractivity contribution is 5.80. The molecule has 1 aromatic rings. The van der Waals surface area contributed by atoms with Gasteiger partial charge in [0.25, 0.3) is 0 Å². The van der Waals surface area contributed by atoms with Crippen molar-refractivity contribution in [1.82, 2.24) is 15.5 Å². The van der Waals surface area contributed by atoms with Crippen LogP contribution in [0.2, 0.25) is 0 Å². The lowest BCUT2D eigenvalue weighted by Gasteiger charge is -2.23. The summed E-state index contributed by atoms with van der Waals surface area (Å²) in [6, 6.07) is 7.95. The lowest BCUT2D eigenvalue weighted by molar-refractivity contribution is 0.0507. The van der Waals surface area contributed by atoms with E-state index in [0.29, 0.717) is 19.8 Å². The first kappa shape index (κ1) is 23.8. The topological polar surface area (TPSA) is 84.4 Å². The van der Waals surface area contributed by atoms with Crippen molar-refractivity contribution in [2.75, 3.05) is 40.4 Å². The van der Waals surface area contributed by atoms with E-state index in [0.717, 1.165) is 43.2 Å². The number of carbonyl (C=O) groups is 1. The summed E-state index contributed by atoms with van der Waals surface area (Å²) in [6.07, 6.45) is 1.37. The van der Waals surface area contributed by atoms with Crippen LogP contribution in [0.3, 0.4) is 0 Å². The van der Waals surface area contributed by atoms with Gasteiger partial charge in [-0.25, -0.2) is 4.79 Å². The number of likely N-dealkylation sites (tertiary alicyclic amines) is 1. The van der Waals surface area contributed by atoms with Gasteiger partial charge in [-0.3, -0.25) is 4.99 Å². The average Bonchev–Trinajstić information content (AvgIpc) is 3.14. The molecule has 0 saturated carbocycles. The van der Waals surface area contributed by atoms with Crippen LogP contribution in [0.15, 0.2) is 29.3 Å². The van der Waals surface area contributed by atoms with Crippen LogP contribution >= 0.6 is 0 Å². The summed E-state index contributed by atoms with van der Waals surface area (Å²) in [4.78, 5) is 18.5. The molecular weight excluding hydrogens is 384 g/mol. The molecule has 1 unspecified atom stereocenters. The van der Waals surface area contributed by atoms with Crippen LogP contribution in [0.5, 0.6) is 5.75 Å². The van der Waals surface area contributed by atoms with Gasteiger partial charge in [-0.1, -0.05) is 12.1 Å². The minimum absolute atomic E-state index is 0.0613.